The molecule has 8 heteroatoms. The van der Waals surface area contributed by atoms with E-state index in [0.29, 0.717) is 36.0 Å². The number of anilines is 3. The Hall–Kier alpha value is -3.39. The molecule has 4 heterocycles. The number of rotatable bonds is 3. The van der Waals surface area contributed by atoms with E-state index in [1.807, 2.05) is 24.4 Å². The number of hydrogen-bond donors (Lipinski definition) is 1. The standard InChI is InChI=1S/C19H17N7O/c1-2-15(9-13-3-4-20-10-14(1)13)24-18-17-16(22-12-23-18)11-21-19(25-17)26-5-7-27-8-6-26/h1-4,9-12H,5-8H2,(H,22,23,24). The van der Waals surface area contributed by atoms with E-state index in [1.165, 1.54) is 6.33 Å². The number of morpholine rings is 1. The highest BCUT2D eigenvalue weighted by atomic mass is 16.5. The Kier molecular flexibility index (Phi) is 3.95. The lowest BCUT2D eigenvalue weighted by molar-refractivity contribution is 0.122. The summed E-state index contributed by atoms with van der Waals surface area (Å²) in [5, 5.41) is 5.56. The summed E-state index contributed by atoms with van der Waals surface area (Å²) in [5.74, 6) is 1.33. The zero-order valence-corrected chi connectivity index (χ0v) is 14.5. The maximum absolute atomic E-state index is 5.41. The monoisotopic (exact) mass is 359 g/mol. The second-order valence-corrected chi connectivity index (χ2v) is 6.29. The van der Waals surface area contributed by atoms with E-state index >= 15 is 0 Å². The summed E-state index contributed by atoms with van der Waals surface area (Å²) < 4.78 is 5.41. The fourth-order valence-corrected chi connectivity index (χ4v) is 3.15. The third-order valence-electron chi connectivity index (χ3n) is 4.56. The summed E-state index contributed by atoms with van der Waals surface area (Å²) in [7, 11) is 0. The Labute approximate surface area is 155 Å². The molecule has 0 unspecified atom stereocenters. The second-order valence-electron chi connectivity index (χ2n) is 6.29. The van der Waals surface area contributed by atoms with Gasteiger partial charge in [0.25, 0.3) is 0 Å². The van der Waals surface area contributed by atoms with Crippen molar-refractivity contribution in [1.29, 1.82) is 0 Å². The Morgan fingerprint density at radius 1 is 0.963 bits per heavy atom. The van der Waals surface area contributed by atoms with Gasteiger partial charge in [-0.05, 0) is 23.6 Å². The topological polar surface area (TPSA) is 89.0 Å². The number of benzene rings is 1. The number of ether oxygens (including phenoxy) is 1. The van der Waals surface area contributed by atoms with Crippen LogP contribution in [0.2, 0.25) is 0 Å². The zero-order chi connectivity index (χ0) is 18.1. The number of fused-ring (bicyclic) bond motifs is 2. The van der Waals surface area contributed by atoms with Crippen LogP contribution in [0.1, 0.15) is 0 Å². The molecule has 0 atom stereocenters. The van der Waals surface area contributed by atoms with Crippen LogP contribution >= 0.6 is 0 Å². The van der Waals surface area contributed by atoms with Crippen LogP contribution in [0.5, 0.6) is 0 Å². The lowest BCUT2D eigenvalue weighted by Gasteiger charge is -2.26. The first kappa shape index (κ1) is 15.8. The first-order chi connectivity index (χ1) is 13.4. The van der Waals surface area contributed by atoms with Crippen molar-refractivity contribution in [3.05, 3.63) is 49.2 Å². The summed E-state index contributed by atoms with van der Waals surface area (Å²) in [4.78, 5) is 24.1. The highest BCUT2D eigenvalue weighted by Gasteiger charge is 2.16. The van der Waals surface area contributed by atoms with Gasteiger partial charge in [-0.25, -0.2) is 19.9 Å². The largest absolute Gasteiger partial charge is 0.378 e. The third kappa shape index (κ3) is 3.11. The Balaban J connectivity index is 1.52. The smallest absolute Gasteiger partial charge is 0.226 e. The quantitative estimate of drug-likeness (QED) is 0.597. The molecule has 3 aromatic heterocycles. The van der Waals surface area contributed by atoms with Gasteiger partial charge in [-0.1, -0.05) is 6.07 Å². The SMILES string of the molecule is c1cc2cc(Nc3ncnc4cnc(N5CCOCC5)nc34)ccc2cn1. The molecule has 0 aliphatic carbocycles. The van der Waals surface area contributed by atoms with Gasteiger partial charge in [-0.15, -0.1) is 0 Å². The molecule has 1 aliphatic heterocycles. The van der Waals surface area contributed by atoms with Gasteiger partial charge in [0.15, 0.2) is 5.82 Å². The molecule has 5 rings (SSSR count). The molecule has 1 N–H and O–H groups in total. The molecule has 0 radical (unpaired) electrons. The van der Waals surface area contributed by atoms with Gasteiger partial charge in [0.05, 0.1) is 19.4 Å². The van der Waals surface area contributed by atoms with Crippen LogP contribution in [-0.2, 0) is 4.74 Å². The molecule has 1 aromatic carbocycles. The van der Waals surface area contributed by atoms with Gasteiger partial charge in [-0.2, -0.15) is 0 Å². The van der Waals surface area contributed by atoms with E-state index < -0.39 is 0 Å². The van der Waals surface area contributed by atoms with E-state index in [4.69, 9.17) is 9.72 Å². The van der Waals surface area contributed by atoms with Gasteiger partial charge in [0, 0.05) is 36.6 Å². The lowest BCUT2D eigenvalue weighted by atomic mass is 10.1. The minimum Gasteiger partial charge on any atom is -0.378 e. The summed E-state index contributed by atoms with van der Waals surface area (Å²) in [6.07, 6.45) is 6.90. The van der Waals surface area contributed by atoms with Crippen molar-refractivity contribution in [3.8, 4) is 0 Å². The van der Waals surface area contributed by atoms with Gasteiger partial charge < -0.3 is 15.0 Å². The number of nitrogens with zero attached hydrogens (tertiary/aromatic N) is 6. The predicted octanol–water partition coefficient (Wildman–Crippen LogP) is 2.55. The molecule has 0 bridgehead atoms. The molecule has 0 amide bonds. The van der Waals surface area contributed by atoms with Crippen LogP contribution in [-0.4, -0.2) is 51.2 Å². The Morgan fingerprint density at radius 2 is 1.89 bits per heavy atom. The number of pyridine rings is 1. The fraction of sp³-hybridized carbons (Fsp3) is 0.211. The van der Waals surface area contributed by atoms with E-state index in [1.54, 1.807) is 12.4 Å². The summed E-state index contributed by atoms with van der Waals surface area (Å²) in [6, 6.07) is 8.08. The van der Waals surface area contributed by atoms with E-state index in [2.05, 4.69) is 36.2 Å². The van der Waals surface area contributed by atoms with Crippen LogP contribution in [0.4, 0.5) is 17.5 Å². The second kappa shape index (κ2) is 6.73. The van der Waals surface area contributed by atoms with Crippen molar-refractivity contribution in [2.75, 3.05) is 36.5 Å². The van der Waals surface area contributed by atoms with Crippen LogP contribution < -0.4 is 10.2 Å². The van der Waals surface area contributed by atoms with Crippen molar-refractivity contribution >= 4 is 39.3 Å². The van der Waals surface area contributed by atoms with Crippen molar-refractivity contribution in [2.45, 2.75) is 0 Å². The maximum Gasteiger partial charge on any atom is 0.226 e. The van der Waals surface area contributed by atoms with Crippen LogP contribution in [0.3, 0.4) is 0 Å². The number of hydrogen-bond acceptors (Lipinski definition) is 8. The van der Waals surface area contributed by atoms with Crippen LogP contribution in [0.15, 0.2) is 49.2 Å². The summed E-state index contributed by atoms with van der Waals surface area (Å²) in [5.41, 5.74) is 2.33. The molecule has 1 saturated heterocycles. The van der Waals surface area contributed by atoms with Crippen molar-refractivity contribution in [3.63, 3.8) is 0 Å². The maximum atomic E-state index is 5.41. The summed E-state index contributed by atoms with van der Waals surface area (Å²) >= 11 is 0. The average Bonchev–Trinajstić information content (AvgIpc) is 2.74. The highest BCUT2D eigenvalue weighted by molar-refractivity contribution is 5.90. The summed E-state index contributed by atoms with van der Waals surface area (Å²) in [6.45, 7) is 2.93. The molecule has 8 nitrogen and oxygen atoms in total. The van der Waals surface area contributed by atoms with Gasteiger partial charge in [0.2, 0.25) is 5.95 Å². The highest BCUT2D eigenvalue weighted by Crippen LogP contribution is 2.25. The molecular weight excluding hydrogens is 342 g/mol. The van der Waals surface area contributed by atoms with Crippen LogP contribution in [0, 0.1) is 0 Å². The van der Waals surface area contributed by atoms with Crippen molar-refractivity contribution in [1.82, 2.24) is 24.9 Å². The molecule has 134 valence electrons. The average molecular weight is 359 g/mol. The van der Waals surface area contributed by atoms with Crippen molar-refractivity contribution < 1.29 is 4.74 Å². The fourth-order valence-electron chi connectivity index (χ4n) is 3.15. The Morgan fingerprint density at radius 3 is 2.81 bits per heavy atom. The van der Waals surface area contributed by atoms with E-state index in [0.717, 1.165) is 29.5 Å². The molecule has 4 aromatic rings. The Bertz CT molecular complexity index is 1110. The van der Waals surface area contributed by atoms with Crippen LogP contribution in [0.25, 0.3) is 21.8 Å². The molecule has 0 spiro atoms. The van der Waals surface area contributed by atoms with E-state index in [9.17, 15) is 0 Å². The lowest BCUT2D eigenvalue weighted by Crippen LogP contribution is -2.37. The van der Waals surface area contributed by atoms with E-state index in [-0.39, 0.29) is 0 Å². The number of nitrogens with one attached hydrogen (secondary N) is 1. The molecule has 1 fully saturated rings. The molecule has 27 heavy (non-hydrogen) atoms. The van der Waals surface area contributed by atoms with Crippen molar-refractivity contribution in [2.24, 2.45) is 0 Å². The first-order valence-corrected chi connectivity index (χ1v) is 8.78. The molecule has 1 aliphatic rings. The predicted molar refractivity (Wildman–Crippen MR) is 103 cm³/mol. The minimum absolute atomic E-state index is 0.658. The normalized spacial score (nSPS) is 14.6. The van der Waals surface area contributed by atoms with Gasteiger partial charge >= 0.3 is 0 Å². The minimum atomic E-state index is 0.658. The zero-order valence-electron chi connectivity index (χ0n) is 14.5. The van der Waals surface area contributed by atoms with Gasteiger partial charge in [0.1, 0.15) is 17.4 Å². The number of aromatic nitrogens is 5. The molecule has 0 saturated carbocycles. The molecular formula is C19H17N7O. The first-order valence-electron chi connectivity index (χ1n) is 8.78. The van der Waals surface area contributed by atoms with Gasteiger partial charge in [-0.3, -0.25) is 4.98 Å². The third-order valence-corrected chi connectivity index (χ3v) is 4.56.